The summed E-state index contributed by atoms with van der Waals surface area (Å²) in [6, 6.07) is 18.2. The fourth-order valence-electron chi connectivity index (χ4n) is 3.06. The van der Waals surface area contributed by atoms with Gasteiger partial charge in [-0.25, -0.2) is 0 Å². The summed E-state index contributed by atoms with van der Waals surface area (Å²) in [6.45, 7) is 3.27. The minimum absolute atomic E-state index is 0.163. The van der Waals surface area contributed by atoms with E-state index in [0.29, 0.717) is 25.5 Å². The summed E-state index contributed by atoms with van der Waals surface area (Å²) in [5.41, 5.74) is 2.36. The Morgan fingerprint density at radius 2 is 1.88 bits per heavy atom. The number of carbonyl (C=O) groups is 1. The molecule has 3 rings (SSSR count). The summed E-state index contributed by atoms with van der Waals surface area (Å²) in [6.07, 6.45) is 2.59. The maximum absolute atomic E-state index is 11.9. The third-order valence-corrected chi connectivity index (χ3v) is 4.54. The summed E-state index contributed by atoms with van der Waals surface area (Å²) in [7, 11) is 0. The standard InChI is InChI=1S/C21H26N2O2/c24-21(14-19-10-12-22-15-19)23-13-11-17-6-8-20(9-7-17)25-16-18-4-2-1-3-5-18/h1-9,19,22H,10-16H2,(H,23,24). The summed E-state index contributed by atoms with van der Waals surface area (Å²) in [5, 5.41) is 6.32. The predicted octanol–water partition coefficient (Wildman–Crippen LogP) is 2.92. The van der Waals surface area contributed by atoms with Crippen molar-refractivity contribution >= 4 is 5.91 Å². The summed E-state index contributed by atoms with van der Waals surface area (Å²) >= 11 is 0. The third kappa shape index (κ3) is 5.91. The number of hydrogen-bond acceptors (Lipinski definition) is 3. The molecule has 1 heterocycles. The number of amides is 1. The molecule has 1 aliphatic heterocycles. The number of hydrogen-bond donors (Lipinski definition) is 2. The van der Waals surface area contributed by atoms with Crippen LogP contribution in [0.1, 0.15) is 24.0 Å². The fourth-order valence-corrected chi connectivity index (χ4v) is 3.06. The van der Waals surface area contributed by atoms with Crippen LogP contribution in [0.2, 0.25) is 0 Å². The van der Waals surface area contributed by atoms with Crippen LogP contribution in [0.3, 0.4) is 0 Å². The summed E-state index contributed by atoms with van der Waals surface area (Å²) in [5.74, 6) is 1.53. The molecule has 1 atom stereocenters. The first-order chi connectivity index (χ1) is 12.3. The van der Waals surface area contributed by atoms with E-state index in [4.69, 9.17) is 4.74 Å². The lowest BCUT2D eigenvalue weighted by Gasteiger charge is -2.10. The molecular weight excluding hydrogens is 312 g/mol. The molecule has 1 aliphatic rings. The van der Waals surface area contributed by atoms with Crippen LogP contribution in [0, 0.1) is 5.92 Å². The lowest BCUT2D eigenvalue weighted by Crippen LogP contribution is -2.28. The molecule has 0 spiro atoms. The van der Waals surface area contributed by atoms with Gasteiger partial charge in [0.25, 0.3) is 0 Å². The Morgan fingerprint density at radius 3 is 2.60 bits per heavy atom. The third-order valence-electron chi connectivity index (χ3n) is 4.54. The van der Waals surface area contributed by atoms with Crippen molar-refractivity contribution in [3.63, 3.8) is 0 Å². The molecule has 0 aliphatic carbocycles. The van der Waals surface area contributed by atoms with E-state index in [0.717, 1.165) is 37.2 Å². The van der Waals surface area contributed by atoms with E-state index in [1.54, 1.807) is 0 Å². The van der Waals surface area contributed by atoms with Crippen molar-refractivity contribution in [2.75, 3.05) is 19.6 Å². The van der Waals surface area contributed by atoms with Gasteiger partial charge >= 0.3 is 0 Å². The second-order valence-electron chi connectivity index (χ2n) is 6.58. The second-order valence-corrected chi connectivity index (χ2v) is 6.58. The van der Waals surface area contributed by atoms with Gasteiger partial charge in [-0.05, 0) is 55.1 Å². The zero-order chi connectivity index (χ0) is 17.3. The minimum Gasteiger partial charge on any atom is -0.489 e. The Bertz CT molecular complexity index is 649. The van der Waals surface area contributed by atoms with Crippen molar-refractivity contribution in [2.45, 2.75) is 25.9 Å². The highest BCUT2D eigenvalue weighted by Crippen LogP contribution is 2.15. The van der Waals surface area contributed by atoms with Crippen LogP contribution >= 0.6 is 0 Å². The Balaban J connectivity index is 1.36. The Morgan fingerprint density at radius 1 is 1.08 bits per heavy atom. The number of benzene rings is 2. The van der Waals surface area contributed by atoms with E-state index in [1.165, 1.54) is 5.56 Å². The van der Waals surface area contributed by atoms with Crippen molar-refractivity contribution in [3.8, 4) is 5.75 Å². The molecule has 1 saturated heterocycles. The van der Waals surface area contributed by atoms with Crippen molar-refractivity contribution in [2.24, 2.45) is 5.92 Å². The van der Waals surface area contributed by atoms with E-state index in [-0.39, 0.29) is 5.91 Å². The van der Waals surface area contributed by atoms with Crippen molar-refractivity contribution in [3.05, 3.63) is 65.7 Å². The van der Waals surface area contributed by atoms with Gasteiger partial charge in [-0.1, -0.05) is 42.5 Å². The average Bonchev–Trinajstić information content (AvgIpc) is 3.15. The lowest BCUT2D eigenvalue weighted by atomic mass is 10.0. The molecule has 4 heteroatoms. The largest absolute Gasteiger partial charge is 0.489 e. The molecule has 4 nitrogen and oxygen atoms in total. The van der Waals surface area contributed by atoms with Crippen LogP contribution in [0.5, 0.6) is 5.75 Å². The molecule has 2 aromatic rings. The zero-order valence-corrected chi connectivity index (χ0v) is 14.5. The maximum atomic E-state index is 11.9. The van der Waals surface area contributed by atoms with E-state index in [9.17, 15) is 4.79 Å². The number of ether oxygens (including phenoxy) is 1. The molecule has 2 N–H and O–H groups in total. The Hall–Kier alpha value is -2.33. The van der Waals surface area contributed by atoms with Crippen molar-refractivity contribution in [1.82, 2.24) is 10.6 Å². The number of nitrogens with one attached hydrogen (secondary N) is 2. The topological polar surface area (TPSA) is 50.4 Å². The van der Waals surface area contributed by atoms with Gasteiger partial charge in [0.15, 0.2) is 0 Å². The second kappa shape index (κ2) is 9.23. The summed E-state index contributed by atoms with van der Waals surface area (Å²) in [4.78, 5) is 11.9. The highest BCUT2D eigenvalue weighted by atomic mass is 16.5. The Kier molecular flexibility index (Phi) is 6.46. The predicted molar refractivity (Wildman–Crippen MR) is 99.5 cm³/mol. The average molecular weight is 338 g/mol. The van der Waals surface area contributed by atoms with E-state index >= 15 is 0 Å². The van der Waals surface area contributed by atoms with Gasteiger partial charge in [0.1, 0.15) is 12.4 Å². The van der Waals surface area contributed by atoms with Gasteiger partial charge < -0.3 is 15.4 Å². The van der Waals surface area contributed by atoms with Crippen LogP contribution in [-0.4, -0.2) is 25.5 Å². The summed E-state index contributed by atoms with van der Waals surface area (Å²) < 4.78 is 5.79. The molecule has 0 aromatic heterocycles. The van der Waals surface area contributed by atoms with Gasteiger partial charge in [0.05, 0.1) is 0 Å². The molecule has 1 unspecified atom stereocenters. The highest BCUT2D eigenvalue weighted by molar-refractivity contribution is 5.76. The number of rotatable bonds is 8. The Labute approximate surface area is 149 Å². The quantitative estimate of drug-likeness (QED) is 0.778. The van der Waals surface area contributed by atoms with E-state index < -0.39 is 0 Å². The fraction of sp³-hybridized carbons (Fsp3) is 0.381. The van der Waals surface area contributed by atoms with E-state index in [1.807, 2.05) is 30.3 Å². The lowest BCUT2D eigenvalue weighted by molar-refractivity contribution is -0.121. The molecule has 0 saturated carbocycles. The first-order valence-corrected chi connectivity index (χ1v) is 9.03. The van der Waals surface area contributed by atoms with Gasteiger partial charge in [0, 0.05) is 13.0 Å². The van der Waals surface area contributed by atoms with E-state index in [2.05, 4.69) is 34.9 Å². The minimum atomic E-state index is 0.163. The van der Waals surface area contributed by atoms with Gasteiger partial charge in [-0.3, -0.25) is 4.79 Å². The monoisotopic (exact) mass is 338 g/mol. The first-order valence-electron chi connectivity index (χ1n) is 9.03. The molecule has 1 amide bonds. The molecule has 132 valence electrons. The SMILES string of the molecule is O=C(CC1CCNC1)NCCc1ccc(OCc2ccccc2)cc1. The number of carbonyl (C=O) groups excluding carboxylic acids is 1. The molecule has 0 radical (unpaired) electrons. The molecule has 1 fully saturated rings. The van der Waals surface area contributed by atoms with Crippen molar-refractivity contribution in [1.29, 1.82) is 0 Å². The van der Waals surface area contributed by atoms with Crippen LogP contribution in [0.15, 0.2) is 54.6 Å². The first kappa shape index (κ1) is 17.5. The smallest absolute Gasteiger partial charge is 0.220 e. The van der Waals surface area contributed by atoms with Gasteiger partial charge in [-0.15, -0.1) is 0 Å². The van der Waals surface area contributed by atoms with Crippen LogP contribution in [0.4, 0.5) is 0 Å². The normalized spacial score (nSPS) is 16.6. The van der Waals surface area contributed by atoms with Crippen LogP contribution in [0.25, 0.3) is 0 Å². The molecule has 0 bridgehead atoms. The van der Waals surface area contributed by atoms with Crippen LogP contribution < -0.4 is 15.4 Å². The molecule has 25 heavy (non-hydrogen) atoms. The molecular formula is C21H26N2O2. The van der Waals surface area contributed by atoms with Gasteiger partial charge in [0.2, 0.25) is 5.91 Å². The maximum Gasteiger partial charge on any atom is 0.220 e. The highest BCUT2D eigenvalue weighted by Gasteiger charge is 2.17. The van der Waals surface area contributed by atoms with Crippen LogP contribution in [-0.2, 0) is 17.8 Å². The molecule has 2 aromatic carbocycles. The van der Waals surface area contributed by atoms with Gasteiger partial charge in [-0.2, -0.15) is 0 Å². The van der Waals surface area contributed by atoms with Crippen molar-refractivity contribution < 1.29 is 9.53 Å². The zero-order valence-electron chi connectivity index (χ0n) is 14.5.